The van der Waals surface area contributed by atoms with E-state index >= 15 is 0 Å². The van der Waals surface area contributed by atoms with Crippen molar-refractivity contribution in [1.29, 1.82) is 0 Å². The van der Waals surface area contributed by atoms with Gasteiger partial charge in [0.15, 0.2) is 11.1 Å². The Bertz CT molecular complexity index is 583. The molecule has 2 aromatic rings. The first-order valence-corrected chi connectivity index (χ1v) is 6.07. The number of nitrogens with zero attached hydrogens (tertiary/aromatic N) is 2. The van der Waals surface area contributed by atoms with E-state index in [1.807, 2.05) is 0 Å². The summed E-state index contributed by atoms with van der Waals surface area (Å²) >= 11 is 0. The summed E-state index contributed by atoms with van der Waals surface area (Å²) in [5.41, 5.74) is 0.540. The highest BCUT2D eigenvalue weighted by Crippen LogP contribution is 2.26. The van der Waals surface area contributed by atoms with Crippen LogP contribution >= 0.6 is 0 Å². The summed E-state index contributed by atoms with van der Waals surface area (Å²) in [5, 5.41) is 13.8. The van der Waals surface area contributed by atoms with Crippen LogP contribution in [-0.4, -0.2) is 43.4 Å². The minimum absolute atomic E-state index is 0.0735. The van der Waals surface area contributed by atoms with Gasteiger partial charge in [0.05, 0.1) is 24.7 Å². The number of oxazole rings is 1. The summed E-state index contributed by atoms with van der Waals surface area (Å²) in [4.78, 5) is 14.4. The normalized spacial score (nSPS) is 10.8. The number of nitro groups is 1. The van der Waals surface area contributed by atoms with Crippen LogP contribution in [-0.2, 0) is 9.47 Å². The number of non-ortho nitro benzene ring substituents is 1. The topological polar surface area (TPSA) is 99.7 Å². The molecule has 0 saturated carbocycles. The number of rotatable bonds is 8. The van der Waals surface area contributed by atoms with Crippen LogP contribution in [0.1, 0.15) is 0 Å². The number of nitrogens with one attached hydrogen (secondary N) is 1. The third kappa shape index (κ3) is 3.43. The molecular formula is C12H15N3O5. The quantitative estimate of drug-likeness (QED) is 0.447. The summed E-state index contributed by atoms with van der Waals surface area (Å²) in [6.45, 7) is 2.00. The number of para-hydroxylation sites is 1. The number of fused-ring (bicyclic) bond motifs is 1. The second-order valence-corrected chi connectivity index (χ2v) is 3.93. The number of methoxy groups -OCH3 is 1. The SMILES string of the molecule is COCCOCCNc1nc2c([N+](=O)[O-])cccc2o1. The van der Waals surface area contributed by atoms with Crippen molar-refractivity contribution in [3.05, 3.63) is 28.3 Å². The molecule has 0 atom stereocenters. The first kappa shape index (κ1) is 14.2. The molecule has 20 heavy (non-hydrogen) atoms. The van der Waals surface area contributed by atoms with Crippen LogP contribution in [0.15, 0.2) is 22.6 Å². The van der Waals surface area contributed by atoms with Crippen molar-refractivity contribution in [2.45, 2.75) is 0 Å². The summed E-state index contributed by atoms with van der Waals surface area (Å²) in [5.74, 6) is 0. The number of aromatic nitrogens is 1. The van der Waals surface area contributed by atoms with Crippen LogP contribution in [0.5, 0.6) is 0 Å². The van der Waals surface area contributed by atoms with Crippen LogP contribution in [0.25, 0.3) is 11.1 Å². The Hall–Kier alpha value is -2.19. The van der Waals surface area contributed by atoms with Gasteiger partial charge in [0, 0.05) is 19.7 Å². The molecule has 0 saturated heterocycles. The van der Waals surface area contributed by atoms with E-state index in [4.69, 9.17) is 13.9 Å². The van der Waals surface area contributed by atoms with E-state index in [1.165, 1.54) is 6.07 Å². The third-order valence-corrected chi connectivity index (χ3v) is 2.55. The number of hydrogen-bond acceptors (Lipinski definition) is 7. The fourth-order valence-electron chi connectivity index (χ4n) is 1.63. The highest BCUT2D eigenvalue weighted by atomic mass is 16.6. The lowest BCUT2D eigenvalue weighted by molar-refractivity contribution is -0.383. The number of nitro benzene ring substituents is 1. The fourth-order valence-corrected chi connectivity index (χ4v) is 1.63. The molecule has 1 aromatic carbocycles. The van der Waals surface area contributed by atoms with Crippen molar-refractivity contribution in [3.63, 3.8) is 0 Å². The molecule has 0 aliphatic rings. The Morgan fingerprint density at radius 1 is 1.40 bits per heavy atom. The molecule has 0 spiro atoms. The Kier molecular flexibility index (Phi) is 4.85. The molecule has 1 heterocycles. The molecule has 108 valence electrons. The lowest BCUT2D eigenvalue weighted by Gasteiger charge is -2.03. The molecule has 0 amide bonds. The van der Waals surface area contributed by atoms with Crippen molar-refractivity contribution in [1.82, 2.24) is 4.98 Å². The maximum Gasteiger partial charge on any atom is 0.298 e. The minimum atomic E-state index is -0.484. The van der Waals surface area contributed by atoms with Crippen LogP contribution in [0.4, 0.5) is 11.7 Å². The predicted octanol–water partition coefficient (Wildman–Crippen LogP) is 1.81. The predicted molar refractivity (Wildman–Crippen MR) is 71.8 cm³/mol. The average Bonchev–Trinajstić information content (AvgIpc) is 2.84. The zero-order valence-corrected chi connectivity index (χ0v) is 11.0. The molecule has 0 bridgehead atoms. The monoisotopic (exact) mass is 281 g/mol. The number of benzene rings is 1. The summed E-state index contributed by atoms with van der Waals surface area (Å²) in [7, 11) is 1.60. The zero-order valence-electron chi connectivity index (χ0n) is 11.0. The highest BCUT2D eigenvalue weighted by molar-refractivity contribution is 5.83. The van der Waals surface area contributed by atoms with Gasteiger partial charge >= 0.3 is 0 Å². The van der Waals surface area contributed by atoms with E-state index in [-0.39, 0.29) is 17.2 Å². The van der Waals surface area contributed by atoms with Gasteiger partial charge in [-0.25, -0.2) is 0 Å². The maximum atomic E-state index is 10.9. The molecule has 0 fully saturated rings. The number of ether oxygens (including phenoxy) is 2. The van der Waals surface area contributed by atoms with Crippen molar-refractivity contribution in [3.8, 4) is 0 Å². The molecular weight excluding hydrogens is 266 g/mol. The molecule has 8 nitrogen and oxygen atoms in total. The van der Waals surface area contributed by atoms with Gasteiger partial charge in [-0.2, -0.15) is 4.98 Å². The van der Waals surface area contributed by atoms with Crippen molar-refractivity contribution < 1.29 is 18.8 Å². The van der Waals surface area contributed by atoms with Gasteiger partial charge in [-0.05, 0) is 6.07 Å². The Balaban J connectivity index is 1.95. The van der Waals surface area contributed by atoms with E-state index in [0.29, 0.717) is 31.9 Å². The minimum Gasteiger partial charge on any atom is -0.423 e. The molecule has 0 unspecified atom stereocenters. The Labute approximate surface area is 114 Å². The van der Waals surface area contributed by atoms with Crippen LogP contribution < -0.4 is 5.32 Å². The average molecular weight is 281 g/mol. The van der Waals surface area contributed by atoms with E-state index in [1.54, 1.807) is 19.2 Å². The van der Waals surface area contributed by atoms with E-state index in [9.17, 15) is 10.1 Å². The number of hydrogen-bond donors (Lipinski definition) is 1. The zero-order chi connectivity index (χ0) is 14.4. The van der Waals surface area contributed by atoms with Gasteiger partial charge in [-0.1, -0.05) is 6.07 Å². The van der Waals surface area contributed by atoms with Gasteiger partial charge in [0.2, 0.25) is 0 Å². The van der Waals surface area contributed by atoms with Crippen molar-refractivity contribution >= 4 is 22.8 Å². The summed E-state index contributed by atoms with van der Waals surface area (Å²) in [6.07, 6.45) is 0. The second kappa shape index (κ2) is 6.83. The highest BCUT2D eigenvalue weighted by Gasteiger charge is 2.16. The van der Waals surface area contributed by atoms with Gasteiger partial charge in [0.25, 0.3) is 11.7 Å². The molecule has 2 rings (SSSR count). The molecule has 1 N–H and O–H groups in total. The lowest BCUT2D eigenvalue weighted by Crippen LogP contribution is -2.12. The molecule has 0 radical (unpaired) electrons. The van der Waals surface area contributed by atoms with Crippen LogP contribution in [0.3, 0.4) is 0 Å². The largest absolute Gasteiger partial charge is 0.423 e. The van der Waals surface area contributed by atoms with Crippen LogP contribution in [0.2, 0.25) is 0 Å². The summed E-state index contributed by atoms with van der Waals surface area (Å²) in [6, 6.07) is 4.83. The second-order valence-electron chi connectivity index (χ2n) is 3.93. The van der Waals surface area contributed by atoms with E-state index in [2.05, 4.69) is 10.3 Å². The van der Waals surface area contributed by atoms with Crippen LogP contribution in [0, 0.1) is 10.1 Å². The van der Waals surface area contributed by atoms with Gasteiger partial charge in [-0.15, -0.1) is 0 Å². The molecule has 0 aliphatic carbocycles. The Morgan fingerprint density at radius 2 is 2.25 bits per heavy atom. The first-order chi connectivity index (χ1) is 9.72. The molecule has 0 aliphatic heterocycles. The fraction of sp³-hybridized carbons (Fsp3) is 0.417. The lowest BCUT2D eigenvalue weighted by atomic mass is 10.3. The molecule has 1 aromatic heterocycles. The molecule has 8 heteroatoms. The number of anilines is 1. The van der Waals surface area contributed by atoms with Gasteiger partial charge in [-0.3, -0.25) is 10.1 Å². The third-order valence-electron chi connectivity index (χ3n) is 2.55. The first-order valence-electron chi connectivity index (χ1n) is 6.07. The van der Waals surface area contributed by atoms with E-state index < -0.39 is 4.92 Å². The summed E-state index contributed by atoms with van der Waals surface area (Å²) < 4.78 is 15.5. The smallest absolute Gasteiger partial charge is 0.298 e. The van der Waals surface area contributed by atoms with Gasteiger partial charge in [0.1, 0.15) is 0 Å². The van der Waals surface area contributed by atoms with E-state index in [0.717, 1.165) is 0 Å². The maximum absolute atomic E-state index is 10.9. The van der Waals surface area contributed by atoms with Crippen molar-refractivity contribution in [2.75, 3.05) is 38.8 Å². The standard InChI is InChI=1S/C12H15N3O5/c1-18-7-8-19-6-5-13-12-14-11-9(15(16)17)3-2-4-10(11)20-12/h2-4H,5-8H2,1H3,(H,13,14). The van der Waals surface area contributed by atoms with Crippen molar-refractivity contribution in [2.24, 2.45) is 0 Å². The van der Waals surface area contributed by atoms with Gasteiger partial charge < -0.3 is 19.2 Å². The Morgan fingerprint density at radius 3 is 3.00 bits per heavy atom.